The van der Waals surface area contributed by atoms with Crippen molar-refractivity contribution in [1.29, 1.82) is 0 Å². The maximum atomic E-state index is 11.3. The van der Waals surface area contributed by atoms with Crippen molar-refractivity contribution in [3.63, 3.8) is 0 Å². The van der Waals surface area contributed by atoms with Crippen LogP contribution in [-0.2, 0) is 10.0 Å². The van der Waals surface area contributed by atoms with E-state index in [1.165, 1.54) is 25.1 Å². The fourth-order valence-electron chi connectivity index (χ4n) is 2.61. The fourth-order valence-corrected chi connectivity index (χ4v) is 3.07. The number of nitrogens with one attached hydrogen (secondary N) is 1. The van der Waals surface area contributed by atoms with Crippen LogP contribution in [0.25, 0.3) is 0 Å². The van der Waals surface area contributed by atoms with Gasteiger partial charge in [-0.05, 0) is 37.4 Å². The van der Waals surface area contributed by atoms with Gasteiger partial charge in [0.1, 0.15) is 10.7 Å². The number of primary sulfonamides is 1. The number of anilines is 1. The summed E-state index contributed by atoms with van der Waals surface area (Å²) in [5, 5.41) is 8.58. The van der Waals surface area contributed by atoms with Crippen LogP contribution >= 0.6 is 0 Å². The van der Waals surface area contributed by atoms with E-state index >= 15 is 0 Å². The maximum absolute atomic E-state index is 11.3. The van der Waals surface area contributed by atoms with Crippen LogP contribution in [0.2, 0.25) is 0 Å². The smallest absolute Gasteiger partial charge is 0.239 e. The van der Waals surface area contributed by atoms with Crippen molar-refractivity contribution in [2.45, 2.75) is 37.6 Å². The highest BCUT2D eigenvalue weighted by molar-refractivity contribution is 7.89. The molecule has 118 valence electrons. The third-order valence-electron chi connectivity index (χ3n) is 3.56. The molecule has 1 atom stereocenters. The van der Waals surface area contributed by atoms with Gasteiger partial charge in [-0.1, -0.05) is 13.8 Å². The second kappa shape index (κ2) is 6.72. The average Bonchev–Trinajstić information content (AvgIpc) is 2.89. The monoisotopic (exact) mass is 312 g/mol. The molecule has 1 aliphatic rings. The lowest BCUT2D eigenvalue weighted by Gasteiger charge is -2.28. The molecule has 1 fully saturated rings. The van der Waals surface area contributed by atoms with Gasteiger partial charge in [0.25, 0.3) is 0 Å². The summed E-state index contributed by atoms with van der Waals surface area (Å²) in [6, 6.07) is 3.73. The zero-order valence-electron chi connectivity index (χ0n) is 12.6. The molecule has 7 heteroatoms. The van der Waals surface area contributed by atoms with Crippen LogP contribution in [0.15, 0.2) is 23.2 Å². The molecule has 0 bridgehead atoms. The molecule has 0 spiro atoms. The van der Waals surface area contributed by atoms with Gasteiger partial charge in [0, 0.05) is 25.3 Å². The minimum atomic E-state index is -3.68. The van der Waals surface area contributed by atoms with Crippen molar-refractivity contribution < 1.29 is 8.42 Å². The molecule has 0 aliphatic carbocycles. The second-order valence-electron chi connectivity index (χ2n) is 5.99. The van der Waals surface area contributed by atoms with Gasteiger partial charge < -0.3 is 10.2 Å². The van der Waals surface area contributed by atoms with E-state index in [0.717, 1.165) is 25.5 Å². The van der Waals surface area contributed by atoms with E-state index in [2.05, 4.69) is 29.0 Å². The first-order valence-electron chi connectivity index (χ1n) is 7.33. The van der Waals surface area contributed by atoms with Crippen molar-refractivity contribution in [1.82, 2.24) is 10.3 Å². The maximum Gasteiger partial charge on any atom is 0.239 e. The Hall–Kier alpha value is -1.18. The highest BCUT2D eigenvalue weighted by atomic mass is 32.2. The molecule has 2 rings (SSSR count). The van der Waals surface area contributed by atoms with E-state index in [-0.39, 0.29) is 4.90 Å². The summed E-state index contributed by atoms with van der Waals surface area (Å²) in [5.41, 5.74) is 0. The highest BCUT2D eigenvalue weighted by Crippen LogP contribution is 2.17. The Labute approximate surface area is 126 Å². The topological polar surface area (TPSA) is 88.3 Å². The molecular formula is C14H24N4O2S. The van der Waals surface area contributed by atoms with Crippen LogP contribution in [0.5, 0.6) is 0 Å². The van der Waals surface area contributed by atoms with E-state index < -0.39 is 10.0 Å². The highest BCUT2D eigenvalue weighted by Gasteiger charge is 2.20. The standard InChI is InChI=1S/C14H24N4O2S/c1-11(2)9-18(10-12-4-3-7-16-12)14-6-5-13(8-17-14)21(15,19)20/h5-6,8,11-12,16H,3-4,7,9-10H2,1-2H3,(H2,15,19,20). The van der Waals surface area contributed by atoms with Gasteiger partial charge in [-0.25, -0.2) is 18.5 Å². The fraction of sp³-hybridized carbons (Fsp3) is 0.643. The van der Waals surface area contributed by atoms with Crippen molar-refractivity contribution >= 4 is 15.8 Å². The van der Waals surface area contributed by atoms with Crippen molar-refractivity contribution in [2.24, 2.45) is 11.1 Å². The lowest BCUT2D eigenvalue weighted by molar-refractivity contribution is 0.537. The summed E-state index contributed by atoms with van der Waals surface area (Å²) in [5.74, 6) is 1.30. The number of pyridine rings is 1. The molecule has 0 amide bonds. The van der Waals surface area contributed by atoms with Crippen molar-refractivity contribution in [2.75, 3.05) is 24.5 Å². The number of hydrogen-bond acceptors (Lipinski definition) is 5. The lowest BCUT2D eigenvalue weighted by Crippen LogP contribution is -2.39. The average molecular weight is 312 g/mol. The van der Waals surface area contributed by atoms with E-state index in [0.29, 0.717) is 12.0 Å². The van der Waals surface area contributed by atoms with Gasteiger partial charge in [-0.2, -0.15) is 0 Å². The van der Waals surface area contributed by atoms with Gasteiger partial charge in [-0.15, -0.1) is 0 Å². The van der Waals surface area contributed by atoms with Crippen LogP contribution in [0.1, 0.15) is 26.7 Å². The van der Waals surface area contributed by atoms with Crippen LogP contribution in [0, 0.1) is 5.92 Å². The first-order valence-corrected chi connectivity index (χ1v) is 8.88. The number of nitrogens with two attached hydrogens (primary N) is 1. The van der Waals surface area contributed by atoms with E-state index in [1.807, 2.05) is 0 Å². The molecule has 1 saturated heterocycles. The molecule has 21 heavy (non-hydrogen) atoms. The number of nitrogens with zero attached hydrogens (tertiary/aromatic N) is 2. The number of sulfonamides is 1. The van der Waals surface area contributed by atoms with Crippen LogP contribution in [0.3, 0.4) is 0 Å². The van der Waals surface area contributed by atoms with E-state index in [9.17, 15) is 8.42 Å². The van der Waals surface area contributed by atoms with E-state index in [4.69, 9.17) is 5.14 Å². The molecule has 0 aromatic carbocycles. The predicted octanol–water partition coefficient (Wildman–Crippen LogP) is 0.943. The third kappa shape index (κ3) is 4.66. The molecule has 1 aliphatic heterocycles. The molecule has 1 aromatic rings. The largest absolute Gasteiger partial charge is 0.355 e. The SMILES string of the molecule is CC(C)CN(CC1CCCN1)c1ccc(S(N)(=O)=O)cn1. The van der Waals surface area contributed by atoms with Gasteiger partial charge in [0.15, 0.2) is 0 Å². The zero-order chi connectivity index (χ0) is 15.5. The summed E-state index contributed by atoms with van der Waals surface area (Å²) < 4.78 is 22.6. The zero-order valence-corrected chi connectivity index (χ0v) is 13.4. The summed E-state index contributed by atoms with van der Waals surface area (Å²) in [4.78, 5) is 6.54. The van der Waals surface area contributed by atoms with Gasteiger partial charge in [0.05, 0.1) is 0 Å². The lowest BCUT2D eigenvalue weighted by atomic mass is 10.1. The summed E-state index contributed by atoms with van der Waals surface area (Å²) in [7, 11) is -3.68. The Balaban J connectivity index is 2.15. The molecule has 6 nitrogen and oxygen atoms in total. The summed E-state index contributed by atoms with van der Waals surface area (Å²) >= 11 is 0. The van der Waals surface area contributed by atoms with Crippen LogP contribution in [0.4, 0.5) is 5.82 Å². The first kappa shape index (κ1) is 16.2. The molecule has 0 radical (unpaired) electrons. The minimum absolute atomic E-state index is 0.0507. The molecular weight excluding hydrogens is 288 g/mol. The molecule has 1 aromatic heterocycles. The predicted molar refractivity (Wildman–Crippen MR) is 83.7 cm³/mol. The Morgan fingerprint density at radius 2 is 2.24 bits per heavy atom. The molecule has 1 unspecified atom stereocenters. The van der Waals surface area contributed by atoms with Crippen molar-refractivity contribution in [3.05, 3.63) is 18.3 Å². The quantitative estimate of drug-likeness (QED) is 0.816. The Morgan fingerprint density at radius 3 is 2.71 bits per heavy atom. The number of aromatic nitrogens is 1. The Kier molecular flexibility index (Phi) is 5.18. The van der Waals surface area contributed by atoms with Crippen LogP contribution < -0.4 is 15.4 Å². The number of hydrogen-bond donors (Lipinski definition) is 2. The summed E-state index contributed by atoms with van der Waals surface area (Å²) in [6.45, 7) is 7.17. The number of rotatable bonds is 6. The molecule has 0 saturated carbocycles. The Bertz CT molecular complexity index is 551. The molecule has 2 heterocycles. The van der Waals surface area contributed by atoms with Gasteiger partial charge in [-0.3, -0.25) is 0 Å². The third-order valence-corrected chi connectivity index (χ3v) is 4.46. The summed E-state index contributed by atoms with van der Waals surface area (Å²) in [6.07, 6.45) is 3.71. The van der Waals surface area contributed by atoms with Gasteiger partial charge >= 0.3 is 0 Å². The minimum Gasteiger partial charge on any atom is -0.355 e. The molecule has 3 N–H and O–H groups in total. The Morgan fingerprint density at radius 1 is 1.48 bits per heavy atom. The van der Waals surface area contributed by atoms with E-state index in [1.54, 1.807) is 6.07 Å². The normalized spacial score (nSPS) is 19.1. The first-order chi connectivity index (χ1) is 9.86. The van der Waals surface area contributed by atoms with Crippen molar-refractivity contribution in [3.8, 4) is 0 Å². The second-order valence-corrected chi connectivity index (χ2v) is 7.55. The van der Waals surface area contributed by atoms with Crippen LogP contribution in [-0.4, -0.2) is 39.1 Å². The van der Waals surface area contributed by atoms with Gasteiger partial charge in [0.2, 0.25) is 10.0 Å².